The van der Waals surface area contributed by atoms with E-state index < -0.39 is 17.3 Å². The van der Waals surface area contributed by atoms with Crippen molar-refractivity contribution in [3.63, 3.8) is 0 Å². The van der Waals surface area contributed by atoms with Gasteiger partial charge in [-0.05, 0) is 30.5 Å². The van der Waals surface area contributed by atoms with E-state index in [0.29, 0.717) is 12.2 Å². The van der Waals surface area contributed by atoms with Gasteiger partial charge in [0.15, 0.2) is 0 Å². The number of ether oxygens (including phenoxy) is 2. The predicted molar refractivity (Wildman–Crippen MR) is 67.9 cm³/mol. The lowest BCUT2D eigenvalue weighted by atomic mass is 9.82. The number of benzene rings is 1. The number of halogens is 3. The molecule has 1 spiro atoms. The van der Waals surface area contributed by atoms with E-state index in [1.807, 2.05) is 0 Å². The van der Waals surface area contributed by atoms with Gasteiger partial charge in [0.2, 0.25) is 0 Å². The summed E-state index contributed by atoms with van der Waals surface area (Å²) in [6.07, 6.45) is -1.82. The molecule has 0 unspecified atom stereocenters. The van der Waals surface area contributed by atoms with Crippen LogP contribution in [0.5, 0.6) is 0 Å². The summed E-state index contributed by atoms with van der Waals surface area (Å²) >= 11 is 0. The molecule has 108 valence electrons. The highest BCUT2D eigenvalue weighted by Gasteiger charge is 2.51. The minimum absolute atomic E-state index is 0.423. The molecule has 1 fully saturated rings. The molecule has 5 heteroatoms. The fraction of sp³-hybridized carbons (Fsp3) is 0.467. The van der Waals surface area contributed by atoms with Crippen LogP contribution in [0.3, 0.4) is 0 Å². The van der Waals surface area contributed by atoms with Crippen LogP contribution in [0.1, 0.15) is 30.4 Å². The maximum atomic E-state index is 12.8. The number of epoxide rings is 1. The molecule has 20 heavy (non-hydrogen) atoms. The average Bonchev–Trinajstić information content (AvgIpc) is 3.17. The molecule has 1 heterocycles. The Balaban J connectivity index is 2.09. The summed E-state index contributed by atoms with van der Waals surface area (Å²) in [7, 11) is 1.56. The third-order valence-electron chi connectivity index (χ3n) is 3.94. The highest BCUT2D eigenvalue weighted by Crippen LogP contribution is 2.50. The number of rotatable bonds is 2. The molecule has 0 saturated carbocycles. The molecular formula is C15H15F3O2. The van der Waals surface area contributed by atoms with Gasteiger partial charge in [-0.1, -0.05) is 12.1 Å². The van der Waals surface area contributed by atoms with Crippen LogP contribution < -0.4 is 0 Å². The van der Waals surface area contributed by atoms with Gasteiger partial charge in [0, 0.05) is 12.0 Å². The van der Waals surface area contributed by atoms with Crippen molar-refractivity contribution in [3.05, 3.63) is 41.2 Å². The maximum Gasteiger partial charge on any atom is 0.416 e. The first-order chi connectivity index (χ1) is 9.46. The van der Waals surface area contributed by atoms with Crippen molar-refractivity contribution >= 4 is 5.57 Å². The normalized spacial score (nSPS) is 26.0. The zero-order chi connectivity index (χ0) is 14.4. The van der Waals surface area contributed by atoms with Crippen LogP contribution in [0.15, 0.2) is 30.0 Å². The molecule has 0 bridgehead atoms. The standard InChI is InChI=1S/C15H15F3O2/c1-19-12-6-3-7-14(9-20-14)13(12)10-4-2-5-11(8-10)15(16,17)18/h2,4-5,8H,3,6-7,9H2,1H3/t14-/m0/s1. The highest BCUT2D eigenvalue weighted by atomic mass is 19.4. The Bertz CT molecular complexity index is 556. The first kappa shape index (κ1) is 13.5. The summed E-state index contributed by atoms with van der Waals surface area (Å²) in [4.78, 5) is 0. The van der Waals surface area contributed by atoms with Crippen molar-refractivity contribution in [1.29, 1.82) is 0 Å². The number of alkyl halides is 3. The fourth-order valence-corrected chi connectivity index (χ4v) is 2.89. The number of hydrogen-bond acceptors (Lipinski definition) is 2. The second-order valence-corrected chi connectivity index (χ2v) is 5.22. The van der Waals surface area contributed by atoms with E-state index >= 15 is 0 Å². The van der Waals surface area contributed by atoms with Crippen LogP contribution >= 0.6 is 0 Å². The van der Waals surface area contributed by atoms with Crippen LogP contribution in [-0.4, -0.2) is 19.3 Å². The summed E-state index contributed by atoms with van der Waals surface area (Å²) in [5, 5.41) is 0. The minimum Gasteiger partial charge on any atom is -0.501 e. The van der Waals surface area contributed by atoms with Crippen molar-refractivity contribution in [2.24, 2.45) is 0 Å². The van der Waals surface area contributed by atoms with Crippen molar-refractivity contribution in [1.82, 2.24) is 0 Å². The first-order valence-electron chi connectivity index (χ1n) is 6.55. The van der Waals surface area contributed by atoms with E-state index in [-0.39, 0.29) is 0 Å². The Morgan fingerprint density at radius 2 is 2.05 bits per heavy atom. The summed E-state index contributed by atoms with van der Waals surface area (Å²) in [5.74, 6) is 0.744. The first-order valence-corrected chi connectivity index (χ1v) is 6.55. The van der Waals surface area contributed by atoms with Crippen LogP contribution in [0.2, 0.25) is 0 Å². The van der Waals surface area contributed by atoms with Crippen molar-refractivity contribution < 1.29 is 22.6 Å². The molecule has 1 aromatic carbocycles. The predicted octanol–water partition coefficient (Wildman–Crippen LogP) is 4.02. The largest absolute Gasteiger partial charge is 0.501 e. The van der Waals surface area contributed by atoms with E-state index in [1.165, 1.54) is 12.1 Å². The van der Waals surface area contributed by atoms with Crippen LogP contribution in [-0.2, 0) is 15.7 Å². The second-order valence-electron chi connectivity index (χ2n) is 5.22. The minimum atomic E-state index is -4.34. The summed E-state index contributed by atoms with van der Waals surface area (Å²) in [5.41, 5.74) is 0.277. The zero-order valence-corrected chi connectivity index (χ0v) is 11.1. The molecule has 0 aromatic heterocycles. The van der Waals surface area contributed by atoms with Gasteiger partial charge in [0.25, 0.3) is 0 Å². The lowest BCUT2D eigenvalue weighted by Crippen LogP contribution is -2.21. The molecule has 2 aliphatic rings. The maximum absolute atomic E-state index is 12.8. The van der Waals surface area contributed by atoms with Gasteiger partial charge in [-0.2, -0.15) is 13.2 Å². The Hall–Kier alpha value is -1.49. The number of allylic oxidation sites excluding steroid dienone is 1. The fourth-order valence-electron chi connectivity index (χ4n) is 2.89. The van der Waals surface area contributed by atoms with E-state index in [2.05, 4.69) is 0 Å². The van der Waals surface area contributed by atoms with Gasteiger partial charge in [0.1, 0.15) is 11.4 Å². The third kappa shape index (κ3) is 2.20. The molecule has 2 nitrogen and oxygen atoms in total. The lowest BCUT2D eigenvalue weighted by molar-refractivity contribution is -0.137. The average molecular weight is 284 g/mol. The zero-order valence-electron chi connectivity index (χ0n) is 11.1. The van der Waals surface area contributed by atoms with Crippen LogP contribution in [0.4, 0.5) is 13.2 Å². The quantitative estimate of drug-likeness (QED) is 0.765. The lowest BCUT2D eigenvalue weighted by Gasteiger charge is -2.26. The van der Waals surface area contributed by atoms with E-state index in [9.17, 15) is 13.2 Å². The Morgan fingerprint density at radius 3 is 2.65 bits per heavy atom. The molecule has 3 rings (SSSR count). The summed E-state index contributed by atoms with van der Waals surface area (Å²) in [6, 6.07) is 5.39. The van der Waals surface area contributed by atoms with E-state index in [0.717, 1.165) is 36.7 Å². The summed E-state index contributed by atoms with van der Waals surface area (Å²) < 4.78 is 49.5. The molecule has 0 amide bonds. The van der Waals surface area contributed by atoms with Gasteiger partial charge in [-0.25, -0.2) is 0 Å². The molecule has 1 aliphatic carbocycles. The van der Waals surface area contributed by atoms with Gasteiger partial charge in [-0.3, -0.25) is 0 Å². The number of methoxy groups -OCH3 is 1. The molecule has 1 aliphatic heterocycles. The summed E-state index contributed by atoms with van der Waals surface area (Å²) in [6.45, 7) is 0.561. The van der Waals surface area contributed by atoms with E-state index in [1.54, 1.807) is 13.2 Å². The van der Waals surface area contributed by atoms with Crippen LogP contribution in [0.25, 0.3) is 5.57 Å². The van der Waals surface area contributed by atoms with Crippen molar-refractivity contribution in [3.8, 4) is 0 Å². The van der Waals surface area contributed by atoms with E-state index in [4.69, 9.17) is 9.47 Å². The Labute approximate surface area is 115 Å². The van der Waals surface area contributed by atoms with Gasteiger partial charge >= 0.3 is 6.18 Å². The van der Waals surface area contributed by atoms with Crippen LogP contribution in [0, 0.1) is 0 Å². The topological polar surface area (TPSA) is 21.8 Å². The number of hydrogen-bond donors (Lipinski definition) is 0. The smallest absolute Gasteiger partial charge is 0.416 e. The van der Waals surface area contributed by atoms with Crippen molar-refractivity contribution in [2.75, 3.05) is 13.7 Å². The Morgan fingerprint density at radius 1 is 1.30 bits per heavy atom. The highest BCUT2D eigenvalue weighted by molar-refractivity contribution is 5.77. The van der Waals surface area contributed by atoms with Gasteiger partial charge in [-0.15, -0.1) is 0 Å². The molecular weight excluding hydrogens is 269 g/mol. The molecule has 1 aromatic rings. The third-order valence-corrected chi connectivity index (χ3v) is 3.94. The monoisotopic (exact) mass is 284 g/mol. The molecule has 1 atom stereocenters. The Kier molecular flexibility index (Phi) is 3.05. The van der Waals surface area contributed by atoms with Crippen molar-refractivity contribution in [2.45, 2.75) is 31.0 Å². The van der Waals surface area contributed by atoms with Gasteiger partial charge in [0.05, 0.1) is 19.3 Å². The molecule has 0 radical (unpaired) electrons. The molecule has 0 N–H and O–H groups in total. The van der Waals surface area contributed by atoms with Gasteiger partial charge < -0.3 is 9.47 Å². The SMILES string of the molecule is COC1=C(c2cccc(C(F)(F)F)c2)[C@]2(CCC1)CO2. The second kappa shape index (κ2) is 4.52. The molecule has 1 saturated heterocycles.